The normalized spacial score (nSPS) is 13.7. The Morgan fingerprint density at radius 3 is 2.77 bits per heavy atom. The maximum Gasteiger partial charge on any atom is 0.259 e. The fraction of sp³-hybridized carbons (Fsp3) is 0.292. The fourth-order valence-electron chi connectivity index (χ4n) is 4.31. The molecule has 0 bridgehead atoms. The predicted molar refractivity (Wildman–Crippen MR) is 121 cm³/mol. The van der Waals surface area contributed by atoms with E-state index in [-0.39, 0.29) is 12.2 Å². The highest BCUT2D eigenvalue weighted by Gasteiger charge is 2.18. The van der Waals surface area contributed by atoms with E-state index in [0.717, 1.165) is 24.2 Å². The van der Waals surface area contributed by atoms with Gasteiger partial charge in [-0.3, -0.25) is 14.3 Å². The van der Waals surface area contributed by atoms with Crippen LogP contribution >= 0.6 is 11.6 Å². The van der Waals surface area contributed by atoms with Crippen molar-refractivity contribution in [2.45, 2.75) is 38.7 Å². The van der Waals surface area contributed by atoms with Gasteiger partial charge < -0.3 is 9.30 Å². The molecule has 0 saturated heterocycles. The van der Waals surface area contributed by atoms with E-state index in [1.54, 1.807) is 35.2 Å². The number of hydrogen-bond acceptors (Lipinski definition) is 4. The van der Waals surface area contributed by atoms with E-state index < -0.39 is 0 Å². The zero-order chi connectivity index (χ0) is 21.4. The molecule has 0 radical (unpaired) electrons. The average molecular weight is 435 g/mol. The van der Waals surface area contributed by atoms with Crippen LogP contribution in [-0.4, -0.2) is 19.1 Å². The Morgan fingerprint density at radius 1 is 1.10 bits per heavy atom. The van der Waals surface area contributed by atoms with Crippen LogP contribution in [0.5, 0.6) is 5.75 Å². The van der Waals surface area contributed by atoms with E-state index in [2.05, 4.69) is 22.7 Å². The first kappa shape index (κ1) is 19.8. The molecular weight excluding hydrogens is 412 g/mol. The molecule has 0 saturated carbocycles. The Hall–Kier alpha value is -3.12. The molecule has 4 aromatic heterocycles. The third-order valence-corrected chi connectivity index (χ3v) is 6.13. The molecule has 158 valence electrons. The molecular formula is C24H23ClN4O2. The lowest BCUT2D eigenvalue weighted by molar-refractivity contribution is 0.300. The lowest BCUT2D eigenvalue weighted by atomic mass is 10.1. The second kappa shape index (κ2) is 8.19. The zero-order valence-electron chi connectivity index (χ0n) is 17.3. The zero-order valence-corrected chi connectivity index (χ0v) is 18.1. The summed E-state index contributed by atoms with van der Waals surface area (Å²) in [4.78, 5) is 21.8. The summed E-state index contributed by atoms with van der Waals surface area (Å²) in [5.41, 5.74) is 4.28. The van der Waals surface area contributed by atoms with Crippen molar-refractivity contribution in [1.29, 1.82) is 0 Å². The van der Waals surface area contributed by atoms with E-state index in [4.69, 9.17) is 21.3 Å². The largest absolute Gasteiger partial charge is 0.487 e. The average Bonchev–Trinajstić information content (AvgIpc) is 2.93. The minimum Gasteiger partial charge on any atom is -0.487 e. The van der Waals surface area contributed by atoms with Crippen molar-refractivity contribution in [2.75, 3.05) is 0 Å². The minimum atomic E-state index is -0.191. The van der Waals surface area contributed by atoms with Crippen LogP contribution in [0.15, 0.2) is 53.6 Å². The third-order valence-electron chi connectivity index (χ3n) is 5.91. The van der Waals surface area contributed by atoms with Gasteiger partial charge in [-0.15, -0.1) is 0 Å². The minimum absolute atomic E-state index is 0.191. The van der Waals surface area contributed by atoms with Gasteiger partial charge in [0.1, 0.15) is 23.8 Å². The smallest absolute Gasteiger partial charge is 0.259 e. The highest BCUT2D eigenvalue weighted by Crippen LogP contribution is 2.30. The van der Waals surface area contributed by atoms with Gasteiger partial charge in [0, 0.05) is 36.6 Å². The van der Waals surface area contributed by atoms with Crippen LogP contribution in [0.3, 0.4) is 0 Å². The molecule has 0 N–H and O–H groups in total. The van der Waals surface area contributed by atoms with Gasteiger partial charge in [-0.2, -0.15) is 0 Å². The summed E-state index contributed by atoms with van der Waals surface area (Å²) in [6.45, 7) is 0.264. The summed E-state index contributed by atoms with van der Waals surface area (Å²) in [5.74, 6) is 1.10. The molecule has 0 amide bonds. The highest BCUT2D eigenvalue weighted by atomic mass is 35.5. The lowest BCUT2D eigenvalue weighted by Crippen LogP contribution is -2.18. The SMILES string of the molecule is Cn1c2c(c3ccc(-n4ccc(OCc5ccc(Cl)cn5)cc4=O)nc31)CCCCC2. The van der Waals surface area contributed by atoms with E-state index in [9.17, 15) is 4.79 Å². The molecule has 0 fully saturated rings. The molecule has 7 heteroatoms. The van der Waals surface area contributed by atoms with Crippen LogP contribution in [0.1, 0.15) is 36.2 Å². The maximum atomic E-state index is 12.8. The van der Waals surface area contributed by atoms with Crippen LogP contribution in [-0.2, 0) is 26.5 Å². The van der Waals surface area contributed by atoms with Crippen LogP contribution in [0.25, 0.3) is 16.9 Å². The number of nitrogens with zero attached hydrogens (tertiary/aromatic N) is 4. The van der Waals surface area contributed by atoms with Gasteiger partial charge in [-0.1, -0.05) is 18.0 Å². The van der Waals surface area contributed by atoms with Gasteiger partial charge in [-0.25, -0.2) is 4.98 Å². The summed E-state index contributed by atoms with van der Waals surface area (Å²) < 4.78 is 9.46. The van der Waals surface area contributed by atoms with Crippen LogP contribution < -0.4 is 10.3 Å². The van der Waals surface area contributed by atoms with Gasteiger partial charge in [0.15, 0.2) is 0 Å². The molecule has 0 unspecified atom stereocenters. The monoisotopic (exact) mass is 434 g/mol. The summed E-state index contributed by atoms with van der Waals surface area (Å²) in [6.07, 6.45) is 9.18. The van der Waals surface area contributed by atoms with E-state index in [1.165, 1.54) is 42.0 Å². The highest BCUT2D eigenvalue weighted by molar-refractivity contribution is 6.30. The number of rotatable bonds is 4. The van der Waals surface area contributed by atoms with Crippen LogP contribution in [0.2, 0.25) is 5.02 Å². The summed E-state index contributed by atoms with van der Waals surface area (Å²) >= 11 is 5.85. The van der Waals surface area contributed by atoms with Crippen LogP contribution in [0, 0.1) is 0 Å². The van der Waals surface area contributed by atoms with Crippen molar-refractivity contribution in [3.8, 4) is 11.6 Å². The fourth-order valence-corrected chi connectivity index (χ4v) is 4.42. The molecule has 31 heavy (non-hydrogen) atoms. The number of hydrogen-bond donors (Lipinski definition) is 0. The second-order valence-corrected chi connectivity index (χ2v) is 8.35. The van der Waals surface area contributed by atoms with Crippen molar-refractivity contribution in [1.82, 2.24) is 19.1 Å². The van der Waals surface area contributed by atoms with Gasteiger partial charge in [0.2, 0.25) is 0 Å². The Bertz CT molecular complexity index is 1310. The lowest BCUT2D eigenvalue weighted by Gasteiger charge is -2.09. The number of halogens is 1. The van der Waals surface area contributed by atoms with Crippen molar-refractivity contribution < 1.29 is 4.74 Å². The summed E-state index contributed by atoms with van der Waals surface area (Å²) in [7, 11) is 2.08. The summed E-state index contributed by atoms with van der Waals surface area (Å²) in [6, 6.07) is 10.8. The second-order valence-electron chi connectivity index (χ2n) is 7.91. The number of ether oxygens (including phenoxy) is 1. The number of aryl methyl sites for hydroxylation is 2. The molecule has 1 aliphatic carbocycles. The number of pyridine rings is 3. The van der Waals surface area contributed by atoms with E-state index in [1.807, 2.05) is 6.07 Å². The Labute approximate surface area is 185 Å². The molecule has 4 heterocycles. The molecule has 0 aromatic carbocycles. The van der Waals surface area contributed by atoms with Gasteiger partial charge in [-0.05, 0) is 61.6 Å². The van der Waals surface area contributed by atoms with Crippen molar-refractivity contribution in [3.05, 3.63) is 81.1 Å². The molecule has 4 aromatic rings. The number of fused-ring (bicyclic) bond motifs is 3. The topological polar surface area (TPSA) is 61.9 Å². The van der Waals surface area contributed by atoms with Gasteiger partial charge in [0.05, 0.1) is 10.7 Å². The molecule has 0 atom stereocenters. The summed E-state index contributed by atoms with van der Waals surface area (Å²) in [5, 5.41) is 1.78. The maximum absolute atomic E-state index is 12.8. The Morgan fingerprint density at radius 2 is 1.97 bits per heavy atom. The first-order chi connectivity index (χ1) is 15.1. The van der Waals surface area contributed by atoms with Crippen molar-refractivity contribution in [3.63, 3.8) is 0 Å². The first-order valence-corrected chi connectivity index (χ1v) is 10.9. The Kier molecular flexibility index (Phi) is 5.24. The standard InChI is InChI=1S/C24H23ClN4O2/c1-28-21-6-4-2-3-5-19(21)20-9-10-22(27-24(20)28)29-12-11-18(13-23(29)30)31-15-17-8-7-16(25)14-26-17/h7-14H,2-6,15H2,1H3. The molecule has 5 rings (SSSR count). The van der Waals surface area contributed by atoms with Gasteiger partial charge >= 0.3 is 0 Å². The molecule has 0 spiro atoms. The third kappa shape index (κ3) is 3.83. The predicted octanol–water partition coefficient (Wildman–Crippen LogP) is 4.62. The molecule has 0 aliphatic heterocycles. The number of aromatic nitrogens is 4. The Balaban J connectivity index is 1.42. The first-order valence-electron chi connectivity index (χ1n) is 10.5. The molecule has 6 nitrogen and oxygen atoms in total. The van der Waals surface area contributed by atoms with Crippen molar-refractivity contribution >= 4 is 22.6 Å². The van der Waals surface area contributed by atoms with Crippen molar-refractivity contribution in [2.24, 2.45) is 7.05 Å². The quantitative estimate of drug-likeness (QED) is 0.440. The van der Waals surface area contributed by atoms with E-state index >= 15 is 0 Å². The van der Waals surface area contributed by atoms with E-state index in [0.29, 0.717) is 16.6 Å². The van der Waals surface area contributed by atoms with Gasteiger partial charge in [0.25, 0.3) is 5.56 Å². The van der Waals surface area contributed by atoms with Crippen LogP contribution in [0.4, 0.5) is 0 Å². The molecule has 1 aliphatic rings.